The van der Waals surface area contributed by atoms with Crippen molar-refractivity contribution in [1.29, 1.82) is 0 Å². The van der Waals surface area contributed by atoms with Gasteiger partial charge in [0, 0.05) is 5.92 Å². The van der Waals surface area contributed by atoms with Gasteiger partial charge in [-0.15, -0.1) is 0 Å². The fourth-order valence-electron chi connectivity index (χ4n) is 2.83. The van der Waals surface area contributed by atoms with Gasteiger partial charge in [0.2, 0.25) is 0 Å². The Labute approximate surface area is 137 Å². The Balaban J connectivity index is 1.98. The summed E-state index contributed by atoms with van der Waals surface area (Å²) >= 11 is 3.19. The van der Waals surface area contributed by atoms with Crippen LogP contribution in [-0.2, 0) is 14.3 Å². The van der Waals surface area contributed by atoms with Crippen molar-refractivity contribution >= 4 is 40.0 Å². The minimum absolute atomic E-state index is 0.141. The van der Waals surface area contributed by atoms with Crippen LogP contribution < -0.4 is 0 Å². The molecule has 3 rings (SSSR count). The summed E-state index contributed by atoms with van der Waals surface area (Å²) in [6.45, 7) is 2.05. The first kappa shape index (κ1) is 15.2. The van der Waals surface area contributed by atoms with Gasteiger partial charge >= 0.3 is 5.97 Å². The lowest BCUT2D eigenvalue weighted by atomic mass is 9.74. The third-order valence-electron chi connectivity index (χ3n) is 3.87. The van der Waals surface area contributed by atoms with Crippen molar-refractivity contribution in [2.75, 3.05) is 6.61 Å². The van der Waals surface area contributed by atoms with Crippen LogP contribution >= 0.6 is 22.7 Å². The largest absolute Gasteiger partial charge is 0.465 e. The first-order valence-corrected chi connectivity index (χ1v) is 9.05. The molecule has 2 aromatic rings. The first-order valence-electron chi connectivity index (χ1n) is 7.16. The van der Waals surface area contributed by atoms with Gasteiger partial charge in [-0.3, -0.25) is 9.59 Å². The maximum absolute atomic E-state index is 12.6. The molecule has 2 heterocycles. The van der Waals surface area contributed by atoms with Crippen LogP contribution in [0.1, 0.15) is 30.4 Å². The van der Waals surface area contributed by atoms with Crippen molar-refractivity contribution < 1.29 is 14.3 Å². The Hall–Kier alpha value is -1.72. The van der Waals surface area contributed by atoms with Crippen molar-refractivity contribution in [3.63, 3.8) is 0 Å². The highest BCUT2D eigenvalue weighted by atomic mass is 32.1. The molecule has 0 radical (unpaired) electrons. The van der Waals surface area contributed by atoms with Gasteiger partial charge in [0.25, 0.3) is 0 Å². The lowest BCUT2D eigenvalue weighted by Crippen LogP contribution is -2.33. The molecule has 0 saturated carbocycles. The van der Waals surface area contributed by atoms with Crippen molar-refractivity contribution in [3.05, 3.63) is 50.9 Å². The molecule has 2 aromatic heterocycles. The molecule has 0 N–H and O–H groups in total. The van der Waals surface area contributed by atoms with Crippen molar-refractivity contribution in [3.8, 4) is 0 Å². The minimum Gasteiger partial charge on any atom is -0.465 e. The van der Waals surface area contributed by atoms with Gasteiger partial charge in [-0.1, -0.05) is 0 Å². The number of thiophene rings is 2. The summed E-state index contributed by atoms with van der Waals surface area (Å²) < 4.78 is 5.12. The molecule has 1 aliphatic carbocycles. The zero-order chi connectivity index (χ0) is 15.5. The van der Waals surface area contributed by atoms with Crippen LogP contribution in [0.15, 0.2) is 39.7 Å². The van der Waals surface area contributed by atoms with Crippen LogP contribution in [0.25, 0.3) is 5.57 Å². The predicted molar refractivity (Wildman–Crippen MR) is 89.1 cm³/mol. The quantitative estimate of drug-likeness (QED) is 0.624. The van der Waals surface area contributed by atoms with Crippen LogP contribution in [-0.4, -0.2) is 18.4 Å². The van der Waals surface area contributed by atoms with E-state index in [-0.39, 0.29) is 11.7 Å². The number of allylic oxidation sites excluding steroid dienone is 2. The monoisotopic (exact) mass is 332 g/mol. The summed E-state index contributed by atoms with van der Waals surface area (Å²) in [6.07, 6.45) is 2.30. The maximum atomic E-state index is 12.6. The summed E-state index contributed by atoms with van der Waals surface area (Å²) in [6, 6.07) is 4.00. The van der Waals surface area contributed by atoms with Gasteiger partial charge in [-0.25, -0.2) is 0 Å². The SMILES string of the molecule is CCOC(=O)[C@@H]1C(=O)C=C(c2ccsc2)C[C@@H]1c1ccsc1. The van der Waals surface area contributed by atoms with E-state index < -0.39 is 11.9 Å². The molecule has 1 aliphatic rings. The highest BCUT2D eigenvalue weighted by Crippen LogP contribution is 2.41. The Morgan fingerprint density at radius 3 is 2.68 bits per heavy atom. The predicted octanol–water partition coefficient (Wildman–Crippen LogP) is 4.13. The number of ether oxygens (including phenoxy) is 1. The lowest BCUT2D eigenvalue weighted by Gasteiger charge is -2.28. The molecule has 0 unspecified atom stereocenters. The molecule has 3 nitrogen and oxygen atoms in total. The Bertz CT molecular complexity index is 684. The van der Waals surface area contributed by atoms with Gasteiger partial charge in [0.05, 0.1) is 6.61 Å². The van der Waals surface area contributed by atoms with Crippen molar-refractivity contribution in [1.82, 2.24) is 0 Å². The number of ketones is 1. The molecule has 2 atom stereocenters. The molecule has 0 aromatic carbocycles. The summed E-state index contributed by atoms with van der Waals surface area (Å²) in [5.41, 5.74) is 3.11. The Morgan fingerprint density at radius 1 is 1.27 bits per heavy atom. The molecule has 0 fully saturated rings. The van der Waals surface area contributed by atoms with Crippen molar-refractivity contribution in [2.24, 2.45) is 5.92 Å². The van der Waals surface area contributed by atoms with E-state index >= 15 is 0 Å². The number of hydrogen-bond donors (Lipinski definition) is 0. The second kappa shape index (κ2) is 6.58. The van der Waals surface area contributed by atoms with E-state index in [2.05, 4.69) is 0 Å². The van der Waals surface area contributed by atoms with E-state index in [0.29, 0.717) is 13.0 Å². The molecule has 0 amide bonds. The van der Waals surface area contributed by atoms with Crippen LogP contribution in [0, 0.1) is 5.92 Å². The highest BCUT2D eigenvalue weighted by Gasteiger charge is 2.39. The number of esters is 1. The molecular weight excluding hydrogens is 316 g/mol. The smallest absolute Gasteiger partial charge is 0.317 e. The van der Waals surface area contributed by atoms with Crippen LogP contribution in [0.4, 0.5) is 0 Å². The topological polar surface area (TPSA) is 43.4 Å². The van der Waals surface area contributed by atoms with Gasteiger partial charge in [0.15, 0.2) is 5.78 Å². The Kier molecular flexibility index (Phi) is 4.55. The summed E-state index contributed by atoms with van der Waals surface area (Å²) in [4.78, 5) is 24.8. The van der Waals surface area contributed by atoms with E-state index in [9.17, 15) is 9.59 Å². The van der Waals surface area contributed by atoms with E-state index in [1.807, 2.05) is 33.7 Å². The molecule has 0 spiro atoms. The van der Waals surface area contributed by atoms with Crippen molar-refractivity contribution in [2.45, 2.75) is 19.3 Å². The average molecular weight is 332 g/mol. The summed E-state index contributed by atoms with van der Waals surface area (Å²) in [5.74, 6) is -1.43. The maximum Gasteiger partial charge on any atom is 0.317 e. The molecular formula is C17H16O3S2. The zero-order valence-electron chi connectivity index (χ0n) is 12.2. The first-order chi connectivity index (χ1) is 10.7. The summed E-state index contributed by atoms with van der Waals surface area (Å²) in [5, 5.41) is 8.03. The van der Waals surface area contributed by atoms with E-state index in [1.165, 1.54) is 0 Å². The normalized spacial score (nSPS) is 21.5. The van der Waals surface area contributed by atoms with E-state index in [0.717, 1.165) is 16.7 Å². The van der Waals surface area contributed by atoms with E-state index in [1.54, 1.807) is 35.7 Å². The number of carbonyl (C=O) groups excluding carboxylic acids is 2. The second-order valence-corrected chi connectivity index (χ2v) is 6.74. The van der Waals surface area contributed by atoms with Crippen LogP contribution in [0.5, 0.6) is 0 Å². The van der Waals surface area contributed by atoms with Crippen LogP contribution in [0.3, 0.4) is 0 Å². The van der Waals surface area contributed by atoms with Gasteiger partial charge < -0.3 is 4.74 Å². The molecule has 114 valence electrons. The number of hydrogen-bond acceptors (Lipinski definition) is 5. The fourth-order valence-corrected chi connectivity index (χ4v) is 4.24. The standard InChI is InChI=1S/C17H16O3S2/c1-2-20-17(19)16-14(12-4-6-22-10-12)7-13(8-15(16)18)11-3-5-21-9-11/h3-6,8-10,14,16H,2,7H2,1H3/t14-,16+/m1/s1. The van der Waals surface area contributed by atoms with Gasteiger partial charge in [0.1, 0.15) is 5.92 Å². The molecule has 0 aliphatic heterocycles. The van der Waals surface area contributed by atoms with Crippen LogP contribution in [0.2, 0.25) is 0 Å². The average Bonchev–Trinajstić information content (AvgIpc) is 3.20. The van der Waals surface area contributed by atoms with Gasteiger partial charge in [-0.05, 0) is 69.8 Å². The second-order valence-electron chi connectivity index (χ2n) is 5.18. The molecule has 0 saturated heterocycles. The minimum atomic E-state index is -0.725. The number of rotatable bonds is 4. The van der Waals surface area contributed by atoms with E-state index in [4.69, 9.17) is 4.74 Å². The Morgan fingerprint density at radius 2 is 2.05 bits per heavy atom. The third-order valence-corrected chi connectivity index (χ3v) is 5.25. The lowest BCUT2D eigenvalue weighted by molar-refractivity contribution is -0.151. The van der Waals surface area contributed by atoms with Gasteiger partial charge in [-0.2, -0.15) is 22.7 Å². The molecule has 22 heavy (non-hydrogen) atoms. The third kappa shape index (κ3) is 2.91. The molecule has 5 heteroatoms. The summed E-state index contributed by atoms with van der Waals surface area (Å²) in [7, 11) is 0. The molecule has 0 bridgehead atoms. The zero-order valence-corrected chi connectivity index (χ0v) is 13.8. The highest BCUT2D eigenvalue weighted by molar-refractivity contribution is 7.08. The fraction of sp³-hybridized carbons (Fsp3) is 0.294. The number of carbonyl (C=O) groups is 2.